The lowest BCUT2D eigenvalue weighted by Crippen LogP contribution is -2.26. The summed E-state index contributed by atoms with van der Waals surface area (Å²) in [5.74, 6) is 0. The molecule has 304 valence electrons. The van der Waals surface area contributed by atoms with Crippen LogP contribution in [0, 0.1) is 0 Å². The van der Waals surface area contributed by atoms with Crippen molar-refractivity contribution in [3.8, 4) is 0 Å². The van der Waals surface area contributed by atoms with Gasteiger partial charge in [0, 0.05) is 13.2 Å². The Morgan fingerprint density at radius 2 is 0.588 bits per heavy atom. The molecule has 3 nitrogen and oxygen atoms in total. The van der Waals surface area contributed by atoms with Gasteiger partial charge in [-0.2, -0.15) is 0 Å². The predicted molar refractivity (Wildman–Crippen MR) is 224 cm³/mol. The molecular weight excluding hydrogens is 625 g/mol. The summed E-state index contributed by atoms with van der Waals surface area (Å²) in [6, 6.07) is 0. The fourth-order valence-electron chi connectivity index (χ4n) is 8.48. The van der Waals surface area contributed by atoms with Crippen molar-refractivity contribution in [3.05, 3.63) is 0 Å². The normalized spacial score (nSPS) is 18.5. The molecule has 3 heteroatoms. The van der Waals surface area contributed by atoms with Crippen LogP contribution in [-0.2, 0) is 14.2 Å². The van der Waals surface area contributed by atoms with Crippen LogP contribution in [0.4, 0.5) is 0 Å². The summed E-state index contributed by atoms with van der Waals surface area (Å²) in [5.41, 5.74) is 0. The van der Waals surface area contributed by atoms with E-state index < -0.39 is 0 Å². The number of ether oxygens (including phenoxy) is 3. The van der Waals surface area contributed by atoms with Gasteiger partial charge in [0.05, 0.1) is 24.4 Å². The second-order valence-corrected chi connectivity index (χ2v) is 17.3. The van der Waals surface area contributed by atoms with E-state index in [-0.39, 0.29) is 0 Å². The van der Waals surface area contributed by atoms with Crippen molar-refractivity contribution in [2.45, 2.75) is 295 Å². The maximum atomic E-state index is 7.16. The first-order valence-corrected chi connectivity index (χ1v) is 24.2. The maximum absolute atomic E-state index is 7.16. The van der Waals surface area contributed by atoms with E-state index in [1.54, 1.807) is 0 Å². The zero-order chi connectivity index (χ0) is 36.1. The van der Waals surface area contributed by atoms with E-state index in [9.17, 15) is 0 Å². The van der Waals surface area contributed by atoms with Crippen molar-refractivity contribution < 1.29 is 14.2 Å². The van der Waals surface area contributed by atoms with Gasteiger partial charge in [-0.05, 0) is 51.4 Å². The molecule has 0 saturated carbocycles. The number of unbranched alkanes of at least 4 members (excludes halogenated alkanes) is 28. The quantitative estimate of drug-likeness (QED) is 0.0588. The van der Waals surface area contributed by atoms with Gasteiger partial charge in [0.2, 0.25) is 0 Å². The second-order valence-electron chi connectivity index (χ2n) is 17.3. The maximum Gasteiger partial charge on any atom is 0.0597 e. The van der Waals surface area contributed by atoms with Crippen LogP contribution in [0.25, 0.3) is 0 Å². The molecule has 2 rings (SSSR count). The van der Waals surface area contributed by atoms with Crippen LogP contribution in [0.2, 0.25) is 0 Å². The molecular formula is C48H94O3. The molecule has 2 aliphatic rings. The lowest BCUT2D eigenvalue weighted by molar-refractivity contribution is -0.0557. The summed E-state index contributed by atoms with van der Waals surface area (Å²) in [4.78, 5) is 0. The Hall–Kier alpha value is -0.120. The van der Waals surface area contributed by atoms with Crippen LogP contribution in [0.1, 0.15) is 271 Å². The van der Waals surface area contributed by atoms with Crippen LogP contribution in [-0.4, -0.2) is 37.6 Å². The molecule has 2 heterocycles. The van der Waals surface area contributed by atoms with Gasteiger partial charge in [-0.3, -0.25) is 0 Å². The summed E-state index contributed by atoms with van der Waals surface area (Å²) in [5, 5.41) is 0. The third-order valence-corrected chi connectivity index (χ3v) is 12.3. The van der Waals surface area contributed by atoms with Gasteiger partial charge in [-0.1, -0.05) is 219 Å². The molecule has 0 aromatic heterocycles. The van der Waals surface area contributed by atoms with Crippen molar-refractivity contribution in [2.75, 3.05) is 13.2 Å². The van der Waals surface area contributed by atoms with Crippen molar-refractivity contribution >= 4 is 0 Å². The van der Waals surface area contributed by atoms with Crippen molar-refractivity contribution in [2.24, 2.45) is 0 Å². The lowest BCUT2D eigenvalue weighted by atomic mass is 9.99. The zero-order valence-electron chi connectivity index (χ0n) is 35.2. The van der Waals surface area contributed by atoms with Crippen molar-refractivity contribution in [1.29, 1.82) is 0 Å². The van der Waals surface area contributed by atoms with Gasteiger partial charge in [0.15, 0.2) is 0 Å². The first kappa shape index (κ1) is 47.0. The minimum Gasteiger partial charge on any atom is -0.378 e. The van der Waals surface area contributed by atoms with Crippen LogP contribution in [0.5, 0.6) is 0 Å². The summed E-state index contributed by atoms with van der Waals surface area (Å²) in [6.45, 7) is 6.67. The molecule has 0 N–H and O–H groups in total. The van der Waals surface area contributed by atoms with Crippen LogP contribution >= 0.6 is 0 Å². The SMILES string of the molecule is CCCCCCCCCCC(CCCCCCCCCCC1CCO1)OC(CCCCCCCCCC)CCCCCCCCCCC1CCO1. The Morgan fingerprint density at radius 3 is 0.824 bits per heavy atom. The van der Waals surface area contributed by atoms with E-state index >= 15 is 0 Å². The van der Waals surface area contributed by atoms with Gasteiger partial charge in [0.1, 0.15) is 0 Å². The molecule has 2 fully saturated rings. The van der Waals surface area contributed by atoms with E-state index in [1.807, 2.05) is 0 Å². The molecule has 4 atom stereocenters. The van der Waals surface area contributed by atoms with Gasteiger partial charge in [0.25, 0.3) is 0 Å². The molecule has 0 aromatic carbocycles. The minimum atomic E-state index is 0.503. The van der Waals surface area contributed by atoms with E-state index in [4.69, 9.17) is 14.2 Å². The third-order valence-electron chi connectivity index (χ3n) is 12.3. The topological polar surface area (TPSA) is 27.7 Å². The monoisotopic (exact) mass is 719 g/mol. The molecule has 4 unspecified atom stereocenters. The summed E-state index contributed by atoms with van der Waals surface area (Å²) >= 11 is 0. The lowest BCUT2D eigenvalue weighted by Gasteiger charge is -2.26. The second kappa shape index (κ2) is 36.8. The van der Waals surface area contributed by atoms with Gasteiger partial charge in [-0.25, -0.2) is 0 Å². The van der Waals surface area contributed by atoms with Gasteiger partial charge < -0.3 is 14.2 Å². The average molecular weight is 719 g/mol. The molecule has 0 spiro atoms. The van der Waals surface area contributed by atoms with E-state index in [0.717, 1.165) is 13.2 Å². The Kier molecular flexibility index (Phi) is 34.0. The van der Waals surface area contributed by atoms with Gasteiger partial charge >= 0.3 is 0 Å². The Labute approximate surface area is 321 Å². The first-order valence-electron chi connectivity index (χ1n) is 24.2. The Bertz CT molecular complexity index is 617. The number of hydrogen-bond acceptors (Lipinski definition) is 3. The fraction of sp³-hybridized carbons (Fsp3) is 1.00. The Balaban J connectivity index is 1.68. The predicted octanol–water partition coefficient (Wildman–Crippen LogP) is 16.2. The summed E-state index contributed by atoms with van der Waals surface area (Å²) < 4.78 is 18.3. The fourth-order valence-corrected chi connectivity index (χ4v) is 8.48. The van der Waals surface area contributed by atoms with E-state index in [2.05, 4.69) is 13.8 Å². The molecule has 2 aliphatic heterocycles. The smallest absolute Gasteiger partial charge is 0.0597 e. The largest absolute Gasteiger partial charge is 0.378 e. The molecule has 0 amide bonds. The molecule has 0 aromatic rings. The van der Waals surface area contributed by atoms with Crippen LogP contribution in [0.15, 0.2) is 0 Å². The van der Waals surface area contributed by atoms with Crippen molar-refractivity contribution in [3.63, 3.8) is 0 Å². The highest BCUT2D eigenvalue weighted by atomic mass is 16.5. The van der Waals surface area contributed by atoms with Crippen LogP contribution in [0.3, 0.4) is 0 Å². The third kappa shape index (κ3) is 29.9. The highest BCUT2D eigenvalue weighted by molar-refractivity contribution is 4.69. The molecule has 0 bridgehead atoms. The van der Waals surface area contributed by atoms with Crippen LogP contribution < -0.4 is 0 Å². The average Bonchev–Trinajstić information content (AvgIpc) is 3.09. The van der Waals surface area contributed by atoms with E-state index in [1.165, 1.54) is 257 Å². The molecule has 0 aliphatic carbocycles. The molecule has 2 saturated heterocycles. The summed E-state index contributed by atoms with van der Waals surface area (Å²) in [6.07, 6.45) is 57.8. The number of hydrogen-bond donors (Lipinski definition) is 0. The summed E-state index contributed by atoms with van der Waals surface area (Å²) in [7, 11) is 0. The molecule has 51 heavy (non-hydrogen) atoms. The first-order chi connectivity index (χ1) is 25.3. The van der Waals surface area contributed by atoms with Gasteiger partial charge in [-0.15, -0.1) is 0 Å². The highest BCUT2D eigenvalue weighted by Gasteiger charge is 2.19. The number of rotatable bonds is 42. The zero-order valence-corrected chi connectivity index (χ0v) is 35.2. The highest BCUT2D eigenvalue weighted by Crippen LogP contribution is 2.25. The minimum absolute atomic E-state index is 0.503. The van der Waals surface area contributed by atoms with Crippen molar-refractivity contribution in [1.82, 2.24) is 0 Å². The Morgan fingerprint density at radius 1 is 0.353 bits per heavy atom. The van der Waals surface area contributed by atoms with E-state index in [0.29, 0.717) is 24.4 Å². The molecule has 0 radical (unpaired) electrons. The standard InChI is InChI=1S/C48H94O3/c1-3-5-7-9-11-17-25-31-37-47(39-33-27-21-15-13-19-23-29-35-45-41-43-49-45)51-48(38-32-26-18-12-10-8-6-4-2)40-34-28-22-16-14-20-24-30-36-46-42-44-50-46/h45-48H,3-44H2,1-2H3.